The number of ether oxygens (including phenoxy) is 1. The highest BCUT2D eigenvalue weighted by atomic mass is 19.4. The van der Waals surface area contributed by atoms with E-state index in [4.69, 9.17) is 4.74 Å². The number of carbonyl (C=O) groups is 2. The molecule has 0 aliphatic heterocycles. The molecule has 0 aliphatic rings. The van der Waals surface area contributed by atoms with Crippen molar-refractivity contribution in [1.29, 1.82) is 0 Å². The molecule has 9 heteroatoms. The number of hydrogen-bond acceptors (Lipinski definition) is 3. The van der Waals surface area contributed by atoms with E-state index >= 15 is 0 Å². The molecular weight excluding hydrogens is 425 g/mol. The first-order chi connectivity index (χ1) is 15.0. The molecule has 0 aliphatic carbocycles. The molecule has 2 aromatic carbocycles. The van der Waals surface area contributed by atoms with E-state index in [2.05, 4.69) is 5.32 Å². The van der Waals surface area contributed by atoms with Crippen LogP contribution in [-0.4, -0.2) is 42.2 Å². The minimum atomic E-state index is -4.56. The number of aliphatic carboxylic acids is 1. The number of urea groups is 1. The van der Waals surface area contributed by atoms with Crippen molar-refractivity contribution in [2.75, 3.05) is 20.2 Å². The van der Waals surface area contributed by atoms with Crippen LogP contribution in [0.5, 0.6) is 5.75 Å². The zero-order valence-electron chi connectivity index (χ0n) is 18.4. The predicted octanol–water partition coefficient (Wildman–Crippen LogP) is 5.12. The Kier molecular flexibility index (Phi) is 8.13. The summed E-state index contributed by atoms with van der Waals surface area (Å²) < 4.78 is 45.7. The van der Waals surface area contributed by atoms with Gasteiger partial charge in [0.15, 0.2) is 0 Å². The van der Waals surface area contributed by atoms with Crippen LogP contribution in [-0.2, 0) is 17.5 Å². The average Bonchev–Trinajstić information content (AvgIpc) is 2.75. The van der Waals surface area contributed by atoms with Crippen molar-refractivity contribution in [2.24, 2.45) is 0 Å². The highest BCUT2D eigenvalue weighted by Gasteiger charge is 2.32. The standard InChI is InChI=1S/C23H27F3N2O4/c1-5-27-22(31)28(6-2)13-16-11-17(23(24,25)26)8-9-18(16)19-12-15(14(3)21(29)30)7-10-20(19)32-4/h7-12,14H,5-6,13H2,1-4H3,(H,27,31)(H,29,30). The molecule has 1 atom stereocenters. The van der Waals surface area contributed by atoms with Gasteiger partial charge in [-0.15, -0.1) is 0 Å². The Hall–Kier alpha value is -3.23. The number of benzene rings is 2. The van der Waals surface area contributed by atoms with Crippen LogP contribution in [0.4, 0.5) is 18.0 Å². The fraction of sp³-hybridized carbons (Fsp3) is 0.391. The molecule has 2 aromatic rings. The average molecular weight is 452 g/mol. The van der Waals surface area contributed by atoms with E-state index in [1.54, 1.807) is 32.0 Å². The molecule has 0 spiro atoms. The van der Waals surface area contributed by atoms with Crippen LogP contribution < -0.4 is 10.1 Å². The molecule has 174 valence electrons. The number of alkyl halides is 3. The third-order valence-electron chi connectivity index (χ3n) is 5.17. The Morgan fingerprint density at radius 1 is 1.12 bits per heavy atom. The van der Waals surface area contributed by atoms with Gasteiger partial charge >= 0.3 is 18.2 Å². The van der Waals surface area contributed by atoms with Crippen LogP contribution in [0.25, 0.3) is 11.1 Å². The molecule has 2 N–H and O–H groups in total. The molecule has 0 radical (unpaired) electrons. The van der Waals surface area contributed by atoms with Crippen LogP contribution in [0.1, 0.15) is 43.4 Å². The summed E-state index contributed by atoms with van der Waals surface area (Å²) in [5, 5.41) is 12.0. The van der Waals surface area contributed by atoms with Crippen molar-refractivity contribution in [1.82, 2.24) is 10.2 Å². The summed E-state index contributed by atoms with van der Waals surface area (Å²) in [6.45, 7) is 5.61. The summed E-state index contributed by atoms with van der Waals surface area (Å²) >= 11 is 0. The van der Waals surface area contributed by atoms with Crippen LogP contribution in [0.3, 0.4) is 0 Å². The first-order valence-corrected chi connectivity index (χ1v) is 10.2. The topological polar surface area (TPSA) is 78.9 Å². The molecule has 0 saturated carbocycles. The quantitative estimate of drug-likeness (QED) is 0.583. The molecule has 0 bridgehead atoms. The first kappa shape index (κ1) is 25.0. The molecular formula is C23H27F3N2O4. The van der Waals surface area contributed by atoms with E-state index in [-0.39, 0.29) is 18.7 Å². The molecule has 6 nitrogen and oxygen atoms in total. The van der Waals surface area contributed by atoms with E-state index in [9.17, 15) is 27.9 Å². The molecule has 1 unspecified atom stereocenters. The van der Waals surface area contributed by atoms with Gasteiger partial charge in [0.05, 0.1) is 18.6 Å². The number of nitrogens with one attached hydrogen (secondary N) is 1. The summed E-state index contributed by atoms with van der Waals surface area (Å²) in [6, 6.07) is 7.73. The number of carbonyl (C=O) groups excluding carboxylic acids is 1. The Morgan fingerprint density at radius 2 is 1.81 bits per heavy atom. The molecule has 2 amide bonds. The lowest BCUT2D eigenvalue weighted by Gasteiger charge is -2.24. The van der Waals surface area contributed by atoms with Gasteiger partial charge in [-0.2, -0.15) is 13.2 Å². The van der Waals surface area contributed by atoms with E-state index in [1.807, 2.05) is 0 Å². The highest BCUT2D eigenvalue weighted by molar-refractivity contribution is 5.80. The lowest BCUT2D eigenvalue weighted by atomic mass is 9.92. The smallest absolute Gasteiger partial charge is 0.416 e. The normalized spacial score (nSPS) is 12.2. The molecule has 32 heavy (non-hydrogen) atoms. The molecule has 0 heterocycles. The van der Waals surface area contributed by atoms with E-state index in [0.29, 0.717) is 29.0 Å². The molecule has 0 aromatic heterocycles. The number of rotatable bonds is 8. The van der Waals surface area contributed by atoms with Gasteiger partial charge in [0.2, 0.25) is 0 Å². The van der Waals surface area contributed by atoms with Crippen molar-refractivity contribution in [3.8, 4) is 16.9 Å². The maximum Gasteiger partial charge on any atom is 0.416 e. The van der Waals surface area contributed by atoms with Crippen molar-refractivity contribution >= 4 is 12.0 Å². The number of nitrogens with zero attached hydrogens (tertiary/aromatic N) is 1. The summed E-state index contributed by atoms with van der Waals surface area (Å²) in [5.41, 5.74) is 0.796. The molecule has 0 fully saturated rings. The maximum absolute atomic E-state index is 13.4. The van der Waals surface area contributed by atoms with Crippen LogP contribution in [0.2, 0.25) is 0 Å². The van der Waals surface area contributed by atoms with Crippen LogP contribution in [0, 0.1) is 0 Å². The third-order valence-corrected chi connectivity index (χ3v) is 5.17. The number of carboxylic acid groups (broad SMARTS) is 1. The Labute approximate surface area is 185 Å². The summed E-state index contributed by atoms with van der Waals surface area (Å²) in [5.74, 6) is -1.46. The predicted molar refractivity (Wildman–Crippen MR) is 115 cm³/mol. The number of methoxy groups -OCH3 is 1. The van der Waals surface area contributed by atoms with Gasteiger partial charge in [-0.25, -0.2) is 4.79 Å². The van der Waals surface area contributed by atoms with E-state index in [0.717, 1.165) is 12.1 Å². The molecule has 0 saturated heterocycles. The largest absolute Gasteiger partial charge is 0.496 e. The van der Waals surface area contributed by atoms with E-state index in [1.165, 1.54) is 25.0 Å². The second-order valence-electron chi connectivity index (χ2n) is 7.24. The zero-order valence-corrected chi connectivity index (χ0v) is 18.4. The van der Waals surface area contributed by atoms with Gasteiger partial charge in [0, 0.05) is 25.2 Å². The number of carboxylic acids is 1. The summed E-state index contributed by atoms with van der Waals surface area (Å²) in [7, 11) is 1.43. The minimum Gasteiger partial charge on any atom is -0.496 e. The zero-order chi connectivity index (χ0) is 24.1. The summed E-state index contributed by atoms with van der Waals surface area (Å²) in [4.78, 5) is 25.2. The monoisotopic (exact) mass is 452 g/mol. The second-order valence-corrected chi connectivity index (χ2v) is 7.24. The number of amides is 2. The van der Waals surface area contributed by atoms with Crippen molar-refractivity contribution in [3.05, 3.63) is 53.1 Å². The number of halogens is 3. The minimum absolute atomic E-state index is 0.0660. The van der Waals surface area contributed by atoms with E-state index < -0.39 is 29.7 Å². The van der Waals surface area contributed by atoms with Gasteiger partial charge < -0.3 is 20.1 Å². The maximum atomic E-state index is 13.4. The van der Waals surface area contributed by atoms with Gasteiger partial charge in [0.1, 0.15) is 5.75 Å². The lowest BCUT2D eigenvalue weighted by Crippen LogP contribution is -2.39. The van der Waals surface area contributed by atoms with Gasteiger partial charge in [-0.05, 0) is 61.7 Å². The Balaban J connectivity index is 2.68. The Bertz CT molecular complexity index is 976. The van der Waals surface area contributed by atoms with Gasteiger partial charge in [-0.3, -0.25) is 4.79 Å². The highest BCUT2D eigenvalue weighted by Crippen LogP contribution is 2.38. The van der Waals surface area contributed by atoms with Crippen molar-refractivity contribution in [2.45, 2.75) is 39.4 Å². The van der Waals surface area contributed by atoms with Crippen molar-refractivity contribution in [3.63, 3.8) is 0 Å². The second kappa shape index (κ2) is 10.4. The summed E-state index contributed by atoms with van der Waals surface area (Å²) in [6.07, 6.45) is -4.56. The molecule has 2 rings (SSSR count). The Morgan fingerprint density at radius 3 is 2.34 bits per heavy atom. The van der Waals surface area contributed by atoms with Crippen LogP contribution >= 0.6 is 0 Å². The van der Waals surface area contributed by atoms with Gasteiger partial charge in [-0.1, -0.05) is 12.1 Å². The third kappa shape index (κ3) is 5.72. The van der Waals surface area contributed by atoms with Crippen LogP contribution in [0.15, 0.2) is 36.4 Å². The lowest BCUT2D eigenvalue weighted by molar-refractivity contribution is -0.139. The fourth-order valence-electron chi connectivity index (χ4n) is 3.31. The fourth-order valence-corrected chi connectivity index (χ4v) is 3.31. The van der Waals surface area contributed by atoms with Crippen molar-refractivity contribution < 1.29 is 32.6 Å². The van der Waals surface area contributed by atoms with Gasteiger partial charge in [0.25, 0.3) is 0 Å². The SMILES string of the molecule is CCNC(=O)N(CC)Cc1cc(C(F)(F)F)ccc1-c1cc(C(C)C(=O)O)ccc1OC. The first-order valence-electron chi connectivity index (χ1n) is 10.2. The number of hydrogen-bond donors (Lipinski definition) is 2.